The monoisotopic (exact) mass is 619 g/mol. The van der Waals surface area contributed by atoms with Crippen molar-refractivity contribution in [2.24, 2.45) is 10.8 Å². The van der Waals surface area contributed by atoms with E-state index in [0.29, 0.717) is 11.1 Å². The fraction of sp³-hybridized carbons (Fsp3) is 0.463. The molecule has 0 amide bonds. The van der Waals surface area contributed by atoms with Gasteiger partial charge in [-0.2, -0.15) is 0 Å². The Hall–Kier alpha value is -3.70. The number of esters is 2. The first-order chi connectivity index (χ1) is 21.5. The molecule has 0 radical (unpaired) electrons. The highest BCUT2D eigenvalue weighted by atomic mass is 16.5. The van der Waals surface area contributed by atoms with E-state index >= 15 is 0 Å². The van der Waals surface area contributed by atoms with E-state index < -0.39 is 0 Å². The van der Waals surface area contributed by atoms with Crippen LogP contribution in [0.25, 0.3) is 32.7 Å². The number of piperidine rings is 1. The van der Waals surface area contributed by atoms with Gasteiger partial charge in [-0.1, -0.05) is 88.4 Å². The third-order valence-electron chi connectivity index (χ3n) is 9.80. The predicted octanol–water partition coefficient (Wildman–Crippen LogP) is 9.89. The highest BCUT2D eigenvalue weighted by Crippen LogP contribution is 2.47. The van der Waals surface area contributed by atoms with Crippen molar-refractivity contribution in [2.75, 3.05) is 0 Å². The SMILES string of the molecule is CC1(C)CC(OC(=O)c2ccc(-c3ccc(C(=O)OC4CC(C)(C)NC(C)(C)C4)c4ccccc34)c3ccccc23)CC(C)(C)C1. The third-order valence-corrected chi connectivity index (χ3v) is 9.80. The van der Waals surface area contributed by atoms with E-state index in [-0.39, 0.29) is 46.1 Å². The number of hydrogen-bond donors (Lipinski definition) is 1. The first-order valence-corrected chi connectivity index (χ1v) is 16.8. The lowest BCUT2D eigenvalue weighted by Crippen LogP contribution is -2.59. The Bertz CT molecular complexity index is 1650. The van der Waals surface area contributed by atoms with Crippen LogP contribution in [0.4, 0.5) is 0 Å². The van der Waals surface area contributed by atoms with Gasteiger partial charge in [0.2, 0.25) is 0 Å². The second-order valence-corrected chi connectivity index (χ2v) is 16.7. The number of hydrogen-bond acceptors (Lipinski definition) is 5. The number of benzene rings is 4. The normalized spacial score (nSPS) is 20.8. The van der Waals surface area contributed by atoms with Crippen LogP contribution >= 0.6 is 0 Å². The first-order valence-electron chi connectivity index (χ1n) is 16.8. The van der Waals surface area contributed by atoms with E-state index in [0.717, 1.165) is 64.8 Å². The lowest BCUT2D eigenvalue weighted by Gasteiger charge is -2.45. The van der Waals surface area contributed by atoms with Crippen LogP contribution in [0.2, 0.25) is 0 Å². The largest absolute Gasteiger partial charge is 0.459 e. The summed E-state index contributed by atoms with van der Waals surface area (Å²) in [6.07, 6.45) is 4.09. The van der Waals surface area contributed by atoms with Gasteiger partial charge in [-0.05, 0) is 103 Å². The topological polar surface area (TPSA) is 64.6 Å². The van der Waals surface area contributed by atoms with Crippen LogP contribution in [-0.2, 0) is 9.47 Å². The molecule has 4 aromatic rings. The predicted molar refractivity (Wildman–Crippen MR) is 187 cm³/mol. The molecule has 1 aliphatic heterocycles. The van der Waals surface area contributed by atoms with Gasteiger partial charge in [-0.3, -0.25) is 0 Å². The minimum atomic E-state index is -0.293. The average Bonchev–Trinajstić information content (AvgIpc) is 2.92. The smallest absolute Gasteiger partial charge is 0.339 e. The Balaban J connectivity index is 1.33. The van der Waals surface area contributed by atoms with Crippen molar-refractivity contribution in [1.29, 1.82) is 0 Å². The highest BCUT2D eigenvalue weighted by Gasteiger charge is 2.41. The van der Waals surface area contributed by atoms with Crippen molar-refractivity contribution < 1.29 is 19.1 Å². The summed E-state index contributed by atoms with van der Waals surface area (Å²) in [6, 6.07) is 23.9. The maximum Gasteiger partial charge on any atom is 0.339 e. The number of nitrogens with one attached hydrogen (secondary N) is 1. The molecule has 2 aliphatic rings. The summed E-state index contributed by atoms with van der Waals surface area (Å²) in [5.74, 6) is -0.563. The van der Waals surface area contributed by atoms with Crippen LogP contribution in [0.3, 0.4) is 0 Å². The van der Waals surface area contributed by atoms with Gasteiger partial charge < -0.3 is 14.8 Å². The van der Waals surface area contributed by atoms with Gasteiger partial charge in [0.15, 0.2) is 0 Å². The molecule has 0 unspecified atom stereocenters. The van der Waals surface area contributed by atoms with E-state index in [4.69, 9.17) is 9.47 Å². The van der Waals surface area contributed by atoms with Crippen molar-refractivity contribution in [3.05, 3.63) is 83.9 Å². The minimum Gasteiger partial charge on any atom is -0.459 e. The summed E-state index contributed by atoms with van der Waals surface area (Å²) in [6.45, 7) is 17.7. The molecular weight excluding hydrogens is 570 g/mol. The zero-order valence-electron chi connectivity index (χ0n) is 28.8. The maximum atomic E-state index is 13.7. The Morgan fingerprint density at radius 1 is 0.543 bits per heavy atom. The molecular formula is C41H49NO4. The fourth-order valence-corrected chi connectivity index (χ4v) is 8.99. The number of carbonyl (C=O) groups is 2. The Labute approximate surface area is 274 Å². The third kappa shape index (κ3) is 6.71. The van der Waals surface area contributed by atoms with Crippen LogP contribution in [0.5, 0.6) is 0 Å². The van der Waals surface area contributed by atoms with E-state index in [1.165, 1.54) is 0 Å². The molecule has 0 aromatic heterocycles. The van der Waals surface area contributed by atoms with E-state index in [1.54, 1.807) is 0 Å². The number of ether oxygens (including phenoxy) is 2. The summed E-state index contributed by atoms with van der Waals surface area (Å²) >= 11 is 0. The summed E-state index contributed by atoms with van der Waals surface area (Å²) in [5.41, 5.74) is 3.16. The van der Waals surface area contributed by atoms with Gasteiger partial charge in [0.1, 0.15) is 12.2 Å². The molecule has 1 heterocycles. The maximum absolute atomic E-state index is 13.7. The number of fused-ring (bicyclic) bond motifs is 2. The highest BCUT2D eigenvalue weighted by molar-refractivity contribution is 6.14. The van der Waals surface area contributed by atoms with Crippen LogP contribution in [0, 0.1) is 10.8 Å². The van der Waals surface area contributed by atoms with Gasteiger partial charge in [0, 0.05) is 23.9 Å². The Morgan fingerprint density at radius 2 is 0.913 bits per heavy atom. The Kier molecular flexibility index (Phi) is 8.08. The van der Waals surface area contributed by atoms with Gasteiger partial charge >= 0.3 is 11.9 Å². The fourth-order valence-electron chi connectivity index (χ4n) is 8.99. The van der Waals surface area contributed by atoms with Gasteiger partial charge in [-0.15, -0.1) is 0 Å². The second-order valence-electron chi connectivity index (χ2n) is 16.7. The van der Waals surface area contributed by atoms with Crippen LogP contribution in [0.15, 0.2) is 72.8 Å². The van der Waals surface area contributed by atoms with Crippen molar-refractivity contribution in [2.45, 2.75) is 111 Å². The van der Waals surface area contributed by atoms with Crippen molar-refractivity contribution >= 4 is 33.5 Å². The van der Waals surface area contributed by atoms with Crippen LogP contribution in [-0.4, -0.2) is 35.2 Å². The molecule has 46 heavy (non-hydrogen) atoms. The Morgan fingerprint density at radius 3 is 1.33 bits per heavy atom. The lowest BCUT2D eigenvalue weighted by atomic mass is 9.64. The molecule has 1 N–H and O–H groups in total. The molecule has 0 atom stereocenters. The van der Waals surface area contributed by atoms with Crippen molar-refractivity contribution in [3.8, 4) is 11.1 Å². The van der Waals surface area contributed by atoms with Gasteiger partial charge in [0.25, 0.3) is 0 Å². The van der Waals surface area contributed by atoms with Crippen molar-refractivity contribution in [1.82, 2.24) is 5.32 Å². The molecule has 0 spiro atoms. The van der Waals surface area contributed by atoms with E-state index in [1.807, 2.05) is 60.7 Å². The first kappa shape index (κ1) is 32.2. The lowest BCUT2D eigenvalue weighted by molar-refractivity contribution is -0.0282. The summed E-state index contributed by atoms with van der Waals surface area (Å²) < 4.78 is 12.4. The molecule has 1 saturated carbocycles. The van der Waals surface area contributed by atoms with E-state index in [9.17, 15) is 9.59 Å². The van der Waals surface area contributed by atoms with Crippen LogP contribution in [0.1, 0.15) is 108 Å². The molecule has 5 heteroatoms. The zero-order chi connectivity index (χ0) is 33.1. The molecule has 5 nitrogen and oxygen atoms in total. The standard InChI is InChI=1S/C41H49NO4/c1-38(2)21-26(22-39(3,4)25-38)45-36(43)34-19-17-32(28-13-9-11-15-30(28)34)33-18-20-35(31-16-12-10-14-29(31)33)37(44)46-27-23-40(5,6)42-41(7,8)24-27/h9-20,26-27,42H,21-25H2,1-8H3. The number of rotatable bonds is 5. The van der Waals surface area contributed by atoms with Gasteiger partial charge in [0.05, 0.1) is 11.1 Å². The van der Waals surface area contributed by atoms with Crippen LogP contribution < -0.4 is 5.32 Å². The van der Waals surface area contributed by atoms with Gasteiger partial charge in [-0.25, -0.2) is 9.59 Å². The molecule has 6 rings (SSSR count). The minimum absolute atomic E-state index is 0.108. The molecule has 242 valence electrons. The molecule has 1 aliphatic carbocycles. The van der Waals surface area contributed by atoms with Crippen molar-refractivity contribution in [3.63, 3.8) is 0 Å². The molecule has 2 fully saturated rings. The summed E-state index contributed by atoms with van der Waals surface area (Å²) in [5, 5.41) is 7.32. The summed E-state index contributed by atoms with van der Waals surface area (Å²) in [7, 11) is 0. The quantitative estimate of drug-likeness (QED) is 0.225. The number of carbonyl (C=O) groups excluding carboxylic acids is 2. The molecule has 1 saturated heterocycles. The average molecular weight is 620 g/mol. The second kappa shape index (κ2) is 11.5. The molecule has 0 bridgehead atoms. The molecule has 4 aromatic carbocycles. The van der Waals surface area contributed by atoms with E-state index in [2.05, 4.69) is 72.8 Å². The summed E-state index contributed by atoms with van der Waals surface area (Å²) in [4.78, 5) is 27.4. The zero-order valence-corrected chi connectivity index (χ0v) is 28.8.